The summed E-state index contributed by atoms with van der Waals surface area (Å²) in [5.74, 6) is 0. The quantitative estimate of drug-likeness (QED) is 0.627. The maximum atomic E-state index is 9.74. The normalized spacial score (nSPS) is 17.5. The van der Waals surface area contributed by atoms with E-state index < -0.39 is 0 Å². The Kier molecular flexibility index (Phi) is 6.72. The van der Waals surface area contributed by atoms with E-state index >= 15 is 0 Å². The Balaban J connectivity index is 0.00000242. The molecule has 128 valence electrons. The minimum absolute atomic E-state index is 0. The van der Waals surface area contributed by atoms with Crippen LogP contribution in [-0.2, 0) is 22.4 Å². The van der Waals surface area contributed by atoms with Gasteiger partial charge in [0.2, 0.25) is 0 Å². The fourth-order valence-electron chi connectivity index (χ4n) is 3.43. The molecule has 1 aromatic carbocycles. The second kappa shape index (κ2) is 7.50. The Bertz CT molecular complexity index is 487. The van der Waals surface area contributed by atoms with E-state index in [2.05, 4.69) is 70.1 Å². The van der Waals surface area contributed by atoms with Crippen LogP contribution >= 0.6 is 0 Å². The van der Waals surface area contributed by atoms with Crippen molar-refractivity contribution in [2.24, 2.45) is 5.41 Å². The van der Waals surface area contributed by atoms with Gasteiger partial charge < -0.3 is 14.9 Å². The number of hydrogen-bond donors (Lipinski definition) is 1. The van der Waals surface area contributed by atoms with Crippen LogP contribution in [-0.4, -0.2) is 35.7 Å². The summed E-state index contributed by atoms with van der Waals surface area (Å²) in [5, 5.41) is 9.74. The van der Waals surface area contributed by atoms with Crippen molar-refractivity contribution in [1.29, 1.82) is 0 Å². The summed E-state index contributed by atoms with van der Waals surface area (Å²) < 4.78 is 0. The van der Waals surface area contributed by atoms with Gasteiger partial charge in [0.05, 0.1) is 6.61 Å². The van der Waals surface area contributed by atoms with Gasteiger partial charge in [0, 0.05) is 18.3 Å². The van der Waals surface area contributed by atoms with Gasteiger partial charge in [-0.2, -0.15) is 6.67 Å². The molecular weight excluding hydrogens is 368 g/mol. The molecular formula is C18H29AgN2O. The number of aryl methyl sites for hydroxylation is 3. The first-order chi connectivity index (χ1) is 9.74. The third kappa shape index (κ3) is 4.15. The Morgan fingerprint density at radius 1 is 1.14 bits per heavy atom. The smallest absolute Gasteiger partial charge is 0.507 e. The minimum atomic E-state index is 0. The molecule has 0 spiro atoms. The first-order valence-corrected chi connectivity index (χ1v) is 7.80. The van der Waals surface area contributed by atoms with Crippen LogP contribution in [0.1, 0.15) is 37.5 Å². The van der Waals surface area contributed by atoms with Crippen molar-refractivity contribution >= 4 is 5.69 Å². The molecule has 3 nitrogen and oxygen atoms in total. The van der Waals surface area contributed by atoms with Crippen molar-refractivity contribution < 1.29 is 27.5 Å². The van der Waals surface area contributed by atoms with E-state index in [1.54, 1.807) is 0 Å². The average Bonchev–Trinajstić information content (AvgIpc) is 2.75. The molecule has 1 saturated heterocycles. The van der Waals surface area contributed by atoms with E-state index in [0.717, 1.165) is 13.1 Å². The SMILES string of the molecule is Cc1cc(C)c(N2[CH-]N([C@H](CO)C(C)(C)C)CC2)c(C)c1.[Ag+]. The fraction of sp³-hybridized carbons (Fsp3) is 0.611. The molecule has 0 amide bonds. The molecule has 0 aromatic heterocycles. The molecule has 1 aliphatic rings. The predicted molar refractivity (Wildman–Crippen MR) is 89.3 cm³/mol. The van der Waals surface area contributed by atoms with Crippen LogP contribution < -0.4 is 4.90 Å². The van der Waals surface area contributed by atoms with Crippen LogP contribution in [0.2, 0.25) is 0 Å². The van der Waals surface area contributed by atoms with E-state index in [1.165, 1.54) is 22.4 Å². The molecule has 22 heavy (non-hydrogen) atoms. The molecule has 1 atom stereocenters. The van der Waals surface area contributed by atoms with E-state index in [1.807, 2.05) is 0 Å². The van der Waals surface area contributed by atoms with E-state index in [-0.39, 0.29) is 40.4 Å². The Morgan fingerprint density at radius 3 is 2.14 bits per heavy atom. The number of rotatable bonds is 3. The molecule has 1 aliphatic heterocycles. The predicted octanol–water partition coefficient (Wildman–Crippen LogP) is 3.26. The van der Waals surface area contributed by atoms with Crippen LogP contribution in [0.25, 0.3) is 0 Å². The van der Waals surface area contributed by atoms with Crippen LogP contribution in [0.15, 0.2) is 12.1 Å². The van der Waals surface area contributed by atoms with Crippen molar-refractivity contribution in [3.8, 4) is 0 Å². The van der Waals surface area contributed by atoms with Gasteiger partial charge in [-0.3, -0.25) is 0 Å². The molecule has 1 N–H and O–H groups in total. The monoisotopic (exact) mass is 396 g/mol. The maximum absolute atomic E-state index is 9.74. The molecule has 4 heteroatoms. The number of aliphatic hydroxyl groups excluding tert-OH is 1. The first-order valence-electron chi connectivity index (χ1n) is 7.80. The molecule has 0 bridgehead atoms. The third-order valence-electron chi connectivity index (χ3n) is 4.38. The van der Waals surface area contributed by atoms with Gasteiger partial charge in [-0.25, -0.2) is 0 Å². The molecule has 0 radical (unpaired) electrons. The number of nitrogens with zero attached hydrogens (tertiary/aromatic N) is 2. The summed E-state index contributed by atoms with van der Waals surface area (Å²) in [4.78, 5) is 4.62. The Morgan fingerprint density at radius 2 is 1.68 bits per heavy atom. The second-order valence-electron chi connectivity index (χ2n) is 7.36. The van der Waals surface area contributed by atoms with Gasteiger partial charge in [0.1, 0.15) is 0 Å². The van der Waals surface area contributed by atoms with Gasteiger partial charge in [-0.15, -0.1) is 0 Å². The van der Waals surface area contributed by atoms with Gasteiger partial charge in [-0.05, 0) is 43.9 Å². The second-order valence-corrected chi connectivity index (χ2v) is 7.36. The zero-order chi connectivity index (χ0) is 15.8. The standard InChI is InChI=1S/C18H29N2O.Ag/c1-13-9-14(2)17(15(3)10-13)20-8-7-19(12-20)16(11-21)18(4,5)6;/h9-10,12,16,21H,7-8,11H2,1-6H3;/q-1;+1/t16-;/m1./s1. The summed E-state index contributed by atoms with van der Waals surface area (Å²) in [6.07, 6.45) is 0. The summed E-state index contributed by atoms with van der Waals surface area (Å²) in [5.41, 5.74) is 5.34. The molecule has 0 saturated carbocycles. The van der Waals surface area contributed by atoms with Crippen molar-refractivity contribution in [3.63, 3.8) is 0 Å². The molecule has 2 rings (SSSR count). The van der Waals surface area contributed by atoms with Crippen molar-refractivity contribution in [1.82, 2.24) is 4.90 Å². The van der Waals surface area contributed by atoms with Gasteiger partial charge >= 0.3 is 22.4 Å². The maximum Gasteiger partial charge on any atom is 1.00 e. The van der Waals surface area contributed by atoms with E-state index in [9.17, 15) is 5.11 Å². The average molecular weight is 397 g/mol. The summed E-state index contributed by atoms with van der Waals surface area (Å²) in [6.45, 7) is 17.4. The Hall–Kier alpha value is -0.320. The largest absolute Gasteiger partial charge is 1.00 e. The van der Waals surface area contributed by atoms with Gasteiger partial charge in [0.25, 0.3) is 0 Å². The molecule has 0 aliphatic carbocycles. The zero-order valence-corrected chi connectivity index (χ0v) is 16.1. The summed E-state index contributed by atoms with van der Waals surface area (Å²) >= 11 is 0. The van der Waals surface area contributed by atoms with Crippen LogP contribution in [0, 0.1) is 32.9 Å². The summed E-state index contributed by atoms with van der Waals surface area (Å²) in [6, 6.07) is 4.65. The topological polar surface area (TPSA) is 26.7 Å². The van der Waals surface area contributed by atoms with Gasteiger partial charge in [-0.1, -0.05) is 38.5 Å². The molecule has 1 heterocycles. The number of aliphatic hydroxyl groups is 1. The number of benzene rings is 1. The fourth-order valence-corrected chi connectivity index (χ4v) is 3.43. The molecule has 1 aromatic rings. The minimum Gasteiger partial charge on any atom is -0.507 e. The number of hydrogen-bond acceptors (Lipinski definition) is 3. The molecule has 0 unspecified atom stereocenters. The van der Waals surface area contributed by atoms with E-state index in [4.69, 9.17) is 0 Å². The molecule has 1 fully saturated rings. The van der Waals surface area contributed by atoms with Crippen LogP contribution in [0.3, 0.4) is 0 Å². The number of anilines is 1. The first kappa shape index (κ1) is 19.7. The van der Waals surface area contributed by atoms with Crippen molar-refractivity contribution in [3.05, 3.63) is 35.5 Å². The van der Waals surface area contributed by atoms with Crippen LogP contribution in [0.4, 0.5) is 5.69 Å². The van der Waals surface area contributed by atoms with Crippen molar-refractivity contribution in [2.75, 3.05) is 24.6 Å². The third-order valence-corrected chi connectivity index (χ3v) is 4.38. The van der Waals surface area contributed by atoms with Crippen LogP contribution in [0.5, 0.6) is 0 Å². The van der Waals surface area contributed by atoms with Gasteiger partial charge in [0.15, 0.2) is 0 Å². The van der Waals surface area contributed by atoms with Crippen molar-refractivity contribution in [2.45, 2.75) is 47.6 Å². The Labute approximate surface area is 151 Å². The van der Waals surface area contributed by atoms with E-state index in [0.29, 0.717) is 0 Å². The summed E-state index contributed by atoms with van der Waals surface area (Å²) in [7, 11) is 0. The zero-order valence-electron chi connectivity index (χ0n) is 14.6.